The fraction of sp³-hybridized carbons (Fsp3) is 0.929. The first-order valence-corrected chi connectivity index (χ1v) is 7.06. The number of hydrogen-bond acceptors (Lipinski definition) is 2. The van der Waals surface area contributed by atoms with Gasteiger partial charge in [-0.15, -0.1) is 0 Å². The van der Waals surface area contributed by atoms with Crippen molar-refractivity contribution in [1.82, 2.24) is 10.2 Å². The zero-order valence-corrected chi connectivity index (χ0v) is 11.4. The van der Waals surface area contributed by atoms with Crippen molar-refractivity contribution in [2.75, 3.05) is 13.6 Å². The lowest BCUT2D eigenvalue weighted by atomic mass is 9.79. The molecule has 1 heterocycles. The molecule has 17 heavy (non-hydrogen) atoms. The van der Waals surface area contributed by atoms with Crippen LogP contribution < -0.4 is 5.32 Å². The molecule has 4 unspecified atom stereocenters. The molecule has 0 spiro atoms. The molecule has 0 bridgehead atoms. The third-order valence-electron chi connectivity index (χ3n) is 4.70. The molecule has 2 aliphatic rings. The van der Waals surface area contributed by atoms with Gasteiger partial charge in [-0.2, -0.15) is 0 Å². The monoisotopic (exact) mass is 238 g/mol. The van der Waals surface area contributed by atoms with E-state index in [4.69, 9.17) is 0 Å². The quantitative estimate of drug-likeness (QED) is 0.798. The summed E-state index contributed by atoms with van der Waals surface area (Å²) in [5, 5.41) is 3.77. The Morgan fingerprint density at radius 2 is 1.88 bits per heavy atom. The SMILES string of the molecule is CC1CCC(NC2CCC(=O)N(C)C2)CC1C. The van der Waals surface area contributed by atoms with Gasteiger partial charge in [0.25, 0.3) is 0 Å². The lowest BCUT2D eigenvalue weighted by molar-refractivity contribution is -0.132. The Balaban J connectivity index is 1.79. The minimum atomic E-state index is 0.300. The van der Waals surface area contributed by atoms with Crippen LogP contribution in [0.5, 0.6) is 0 Å². The van der Waals surface area contributed by atoms with E-state index in [-0.39, 0.29) is 0 Å². The fourth-order valence-electron chi connectivity index (χ4n) is 3.18. The van der Waals surface area contributed by atoms with Gasteiger partial charge in [-0.3, -0.25) is 4.79 Å². The predicted octanol–water partition coefficient (Wildman–Crippen LogP) is 2.02. The van der Waals surface area contributed by atoms with Gasteiger partial charge in [-0.1, -0.05) is 13.8 Å². The Labute approximate surface area is 105 Å². The number of nitrogens with zero attached hydrogens (tertiary/aromatic N) is 1. The van der Waals surface area contributed by atoms with Crippen LogP contribution in [0.1, 0.15) is 46.0 Å². The molecule has 1 amide bonds. The minimum Gasteiger partial charge on any atom is -0.344 e. The summed E-state index contributed by atoms with van der Waals surface area (Å²) in [4.78, 5) is 13.3. The van der Waals surface area contributed by atoms with Gasteiger partial charge >= 0.3 is 0 Å². The molecule has 0 aromatic heterocycles. The van der Waals surface area contributed by atoms with Gasteiger partial charge in [0.05, 0.1) is 0 Å². The normalized spacial score (nSPS) is 39.5. The summed E-state index contributed by atoms with van der Waals surface area (Å²) >= 11 is 0. The molecule has 1 aliphatic carbocycles. The number of carbonyl (C=O) groups is 1. The Morgan fingerprint density at radius 1 is 1.12 bits per heavy atom. The van der Waals surface area contributed by atoms with Gasteiger partial charge in [-0.05, 0) is 37.5 Å². The average Bonchev–Trinajstić information content (AvgIpc) is 2.29. The Morgan fingerprint density at radius 3 is 2.53 bits per heavy atom. The van der Waals surface area contributed by atoms with Crippen molar-refractivity contribution >= 4 is 5.91 Å². The van der Waals surface area contributed by atoms with Crippen LogP contribution >= 0.6 is 0 Å². The Bertz CT molecular complexity index is 279. The standard InChI is InChI=1S/C14H26N2O/c1-10-4-5-12(8-11(10)2)15-13-6-7-14(17)16(3)9-13/h10-13,15H,4-9H2,1-3H3. The Hall–Kier alpha value is -0.570. The van der Waals surface area contributed by atoms with Gasteiger partial charge in [0, 0.05) is 32.1 Å². The van der Waals surface area contributed by atoms with E-state index >= 15 is 0 Å². The molecule has 4 atom stereocenters. The van der Waals surface area contributed by atoms with Crippen molar-refractivity contribution in [1.29, 1.82) is 0 Å². The van der Waals surface area contributed by atoms with Crippen LogP contribution in [0.4, 0.5) is 0 Å². The molecule has 0 radical (unpaired) electrons. The van der Waals surface area contributed by atoms with Gasteiger partial charge in [-0.25, -0.2) is 0 Å². The summed E-state index contributed by atoms with van der Waals surface area (Å²) in [6.45, 7) is 5.63. The number of hydrogen-bond donors (Lipinski definition) is 1. The molecule has 2 rings (SSSR count). The van der Waals surface area contributed by atoms with E-state index in [9.17, 15) is 4.79 Å². The third kappa shape index (κ3) is 3.21. The number of nitrogens with one attached hydrogen (secondary N) is 1. The highest BCUT2D eigenvalue weighted by Gasteiger charge is 2.28. The maximum Gasteiger partial charge on any atom is 0.222 e. The van der Waals surface area contributed by atoms with Crippen molar-refractivity contribution in [2.45, 2.75) is 58.0 Å². The van der Waals surface area contributed by atoms with Crippen LogP contribution in [0, 0.1) is 11.8 Å². The van der Waals surface area contributed by atoms with Crippen LogP contribution in [0.2, 0.25) is 0 Å². The molecule has 1 saturated carbocycles. The molecular formula is C14H26N2O. The molecule has 98 valence electrons. The summed E-state index contributed by atoms with van der Waals surface area (Å²) in [5.41, 5.74) is 0. The number of likely N-dealkylation sites (tertiary alicyclic amines) is 1. The minimum absolute atomic E-state index is 0.300. The maximum absolute atomic E-state index is 11.4. The lowest BCUT2D eigenvalue weighted by Crippen LogP contribution is -2.51. The lowest BCUT2D eigenvalue weighted by Gasteiger charge is -2.37. The van der Waals surface area contributed by atoms with Crippen LogP contribution in [0.15, 0.2) is 0 Å². The average molecular weight is 238 g/mol. The molecule has 1 aliphatic heterocycles. The number of piperidine rings is 1. The first-order valence-electron chi connectivity index (χ1n) is 7.06. The second kappa shape index (κ2) is 5.38. The topological polar surface area (TPSA) is 32.3 Å². The summed E-state index contributed by atoms with van der Waals surface area (Å²) in [6.07, 6.45) is 5.69. The summed E-state index contributed by atoms with van der Waals surface area (Å²) < 4.78 is 0. The van der Waals surface area contributed by atoms with Crippen molar-refractivity contribution < 1.29 is 4.79 Å². The molecule has 2 fully saturated rings. The molecule has 1 saturated heterocycles. The highest BCUT2D eigenvalue weighted by atomic mass is 16.2. The van der Waals surface area contributed by atoms with Gasteiger partial charge < -0.3 is 10.2 Å². The van der Waals surface area contributed by atoms with Gasteiger partial charge in [0.15, 0.2) is 0 Å². The van der Waals surface area contributed by atoms with Crippen LogP contribution in [0.25, 0.3) is 0 Å². The van der Waals surface area contributed by atoms with Gasteiger partial charge in [0.1, 0.15) is 0 Å². The Kier molecular flexibility index (Phi) is 4.08. The van der Waals surface area contributed by atoms with E-state index < -0.39 is 0 Å². The fourth-order valence-corrected chi connectivity index (χ4v) is 3.18. The van der Waals surface area contributed by atoms with Crippen molar-refractivity contribution in [2.24, 2.45) is 11.8 Å². The molecule has 0 aromatic rings. The van der Waals surface area contributed by atoms with E-state index in [1.165, 1.54) is 19.3 Å². The smallest absolute Gasteiger partial charge is 0.222 e. The zero-order valence-electron chi connectivity index (χ0n) is 11.4. The van der Waals surface area contributed by atoms with E-state index in [1.54, 1.807) is 0 Å². The van der Waals surface area contributed by atoms with Crippen LogP contribution in [-0.2, 0) is 4.79 Å². The summed E-state index contributed by atoms with van der Waals surface area (Å²) in [7, 11) is 1.92. The third-order valence-corrected chi connectivity index (χ3v) is 4.70. The molecular weight excluding hydrogens is 212 g/mol. The van der Waals surface area contributed by atoms with E-state index in [1.807, 2.05) is 11.9 Å². The van der Waals surface area contributed by atoms with E-state index in [0.29, 0.717) is 24.4 Å². The second-order valence-corrected chi connectivity index (χ2v) is 6.14. The molecule has 0 aromatic carbocycles. The van der Waals surface area contributed by atoms with Crippen molar-refractivity contribution in [3.63, 3.8) is 0 Å². The van der Waals surface area contributed by atoms with Crippen LogP contribution in [-0.4, -0.2) is 36.5 Å². The zero-order chi connectivity index (χ0) is 12.4. The van der Waals surface area contributed by atoms with Crippen molar-refractivity contribution in [3.05, 3.63) is 0 Å². The predicted molar refractivity (Wildman–Crippen MR) is 69.8 cm³/mol. The number of amides is 1. The largest absolute Gasteiger partial charge is 0.344 e. The first kappa shape index (κ1) is 12.9. The maximum atomic E-state index is 11.4. The van der Waals surface area contributed by atoms with Crippen LogP contribution in [0.3, 0.4) is 0 Å². The second-order valence-electron chi connectivity index (χ2n) is 6.14. The molecule has 3 heteroatoms. The summed E-state index contributed by atoms with van der Waals surface area (Å²) in [6, 6.07) is 1.19. The summed E-state index contributed by atoms with van der Waals surface area (Å²) in [5.74, 6) is 2.02. The first-order chi connectivity index (χ1) is 8.06. The number of rotatable bonds is 2. The van der Waals surface area contributed by atoms with E-state index in [0.717, 1.165) is 24.8 Å². The highest BCUT2D eigenvalue weighted by Crippen LogP contribution is 2.29. The highest BCUT2D eigenvalue weighted by molar-refractivity contribution is 5.76. The van der Waals surface area contributed by atoms with Gasteiger partial charge in [0.2, 0.25) is 5.91 Å². The molecule has 3 nitrogen and oxygen atoms in total. The number of likely N-dealkylation sites (N-methyl/N-ethyl adjacent to an activating group) is 1. The number of carbonyl (C=O) groups excluding carboxylic acids is 1. The van der Waals surface area contributed by atoms with Crippen molar-refractivity contribution in [3.8, 4) is 0 Å². The molecule has 1 N–H and O–H groups in total. The van der Waals surface area contributed by atoms with E-state index in [2.05, 4.69) is 19.2 Å².